The Bertz CT molecular complexity index is 697. The molecule has 1 aromatic carbocycles. The summed E-state index contributed by atoms with van der Waals surface area (Å²) >= 11 is 5.86. The van der Waals surface area contributed by atoms with Gasteiger partial charge in [0.25, 0.3) is 10.0 Å². The van der Waals surface area contributed by atoms with Crippen LogP contribution in [0.2, 0.25) is 5.15 Å². The van der Waals surface area contributed by atoms with E-state index < -0.39 is 10.0 Å². The fraction of sp³-hybridized carbons (Fsp3) is 0.182. The van der Waals surface area contributed by atoms with Gasteiger partial charge in [-0.1, -0.05) is 23.7 Å². The van der Waals surface area contributed by atoms with E-state index in [1.807, 2.05) is 0 Å². The van der Waals surface area contributed by atoms with Gasteiger partial charge in [0.1, 0.15) is 5.15 Å². The van der Waals surface area contributed by atoms with Crippen molar-refractivity contribution in [3.8, 4) is 0 Å². The number of aliphatic hydroxyl groups is 1. The summed E-state index contributed by atoms with van der Waals surface area (Å²) in [5, 5.41) is 8.81. The third-order valence-corrected chi connectivity index (χ3v) is 4.32. The van der Waals surface area contributed by atoms with Gasteiger partial charge in [-0.05, 0) is 17.7 Å². The van der Waals surface area contributed by atoms with Crippen LogP contribution in [0.15, 0.2) is 35.6 Å². The summed E-state index contributed by atoms with van der Waals surface area (Å²) in [7, 11) is -2.25. The smallest absolute Gasteiger partial charge is 0.282 e. The number of hydrogen-bond donors (Lipinski definition) is 2. The molecule has 6 nitrogen and oxygen atoms in total. The Kier molecular flexibility index (Phi) is 3.79. The summed E-state index contributed by atoms with van der Waals surface area (Å²) in [5.74, 6) is 0. The van der Waals surface area contributed by atoms with E-state index >= 15 is 0 Å². The highest BCUT2D eigenvalue weighted by atomic mass is 35.5. The van der Waals surface area contributed by atoms with E-state index in [0.717, 1.165) is 0 Å². The van der Waals surface area contributed by atoms with Crippen molar-refractivity contribution >= 4 is 27.3 Å². The zero-order valence-electron chi connectivity index (χ0n) is 10.0. The first-order valence-corrected chi connectivity index (χ1v) is 7.19. The maximum Gasteiger partial charge on any atom is 0.282 e. The van der Waals surface area contributed by atoms with Crippen LogP contribution in [0.3, 0.4) is 0 Å². The maximum absolute atomic E-state index is 12.1. The van der Waals surface area contributed by atoms with Gasteiger partial charge in [0.05, 0.1) is 12.9 Å². The molecule has 0 bridgehead atoms. The summed E-state index contributed by atoms with van der Waals surface area (Å²) in [6, 6.07) is 6.44. The topological polar surface area (TPSA) is 84.2 Å². The highest BCUT2D eigenvalue weighted by Crippen LogP contribution is 2.22. The van der Waals surface area contributed by atoms with E-state index in [9.17, 15) is 8.42 Å². The summed E-state index contributed by atoms with van der Waals surface area (Å²) in [5.41, 5.74) is 0.945. The Labute approximate surface area is 115 Å². The van der Waals surface area contributed by atoms with Crippen LogP contribution < -0.4 is 4.72 Å². The molecular weight excluding hydrogens is 290 g/mol. The minimum Gasteiger partial charge on any atom is -0.392 e. The number of aliphatic hydroxyl groups excluding tert-OH is 1. The van der Waals surface area contributed by atoms with Gasteiger partial charge in [0.15, 0.2) is 0 Å². The van der Waals surface area contributed by atoms with Crippen LogP contribution in [-0.2, 0) is 23.7 Å². The van der Waals surface area contributed by atoms with Gasteiger partial charge < -0.3 is 9.67 Å². The number of rotatable bonds is 4. The van der Waals surface area contributed by atoms with Crippen LogP contribution in [0.5, 0.6) is 0 Å². The van der Waals surface area contributed by atoms with Crippen molar-refractivity contribution in [2.45, 2.75) is 11.6 Å². The molecule has 1 aromatic heterocycles. The van der Waals surface area contributed by atoms with Gasteiger partial charge in [-0.25, -0.2) is 4.98 Å². The molecule has 0 aliphatic carbocycles. The second-order valence-corrected chi connectivity index (χ2v) is 5.87. The molecule has 0 spiro atoms. The number of aromatic nitrogens is 2. The monoisotopic (exact) mass is 301 g/mol. The molecule has 0 atom stereocenters. The van der Waals surface area contributed by atoms with E-state index in [4.69, 9.17) is 16.7 Å². The number of aryl methyl sites for hydroxylation is 1. The summed E-state index contributed by atoms with van der Waals surface area (Å²) in [6.07, 6.45) is 1.32. The van der Waals surface area contributed by atoms with Crippen LogP contribution in [-0.4, -0.2) is 23.1 Å². The lowest BCUT2D eigenvalue weighted by Crippen LogP contribution is -2.14. The van der Waals surface area contributed by atoms with Crippen molar-refractivity contribution in [1.82, 2.24) is 9.55 Å². The zero-order chi connectivity index (χ0) is 14.0. The standard InChI is InChI=1S/C11H12ClN3O3S/c1-15-7-13-11(10(15)12)19(17,18)14-9-4-2-3-8(5-9)6-16/h2-5,7,14,16H,6H2,1H3. The number of sulfonamides is 1. The molecule has 0 fully saturated rings. The maximum atomic E-state index is 12.1. The molecule has 0 unspecified atom stereocenters. The quantitative estimate of drug-likeness (QED) is 0.893. The third kappa shape index (κ3) is 2.89. The van der Waals surface area contributed by atoms with E-state index in [-0.39, 0.29) is 16.8 Å². The lowest BCUT2D eigenvalue weighted by atomic mass is 10.2. The molecule has 2 N–H and O–H groups in total. The summed E-state index contributed by atoms with van der Waals surface area (Å²) < 4.78 is 28.0. The molecule has 19 heavy (non-hydrogen) atoms. The fourth-order valence-electron chi connectivity index (χ4n) is 1.51. The average Bonchev–Trinajstić information content (AvgIpc) is 2.70. The van der Waals surface area contributed by atoms with Gasteiger partial charge in [-0.15, -0.1) is 0 Å². The van der Waals surface area contributed by atoms with E-state index in [0.29, 0.717) is 11.3 Å². The first-order valence-electron chi connectivity index (χ1n) is 5.33. The number of nitrogens with zero attached hydrogens (tertiary/aromatic N) is 2. The molecule has 0 aliphatic rings. The van der Waals surface area contributed by atoms with Gasteiger partial charge in [0, 0.05) is 12.7 Å². The molecule has 0 amide bonds. The largest absolute Gasteiger partial charge is 0.392 e. The van der Waals surface area contributed by atoms with Gasteiger partial charge in [-0.2, -0.15) is 8.42 Å². The molecule has 0 saturated heterocycles. The number of anilines is 1. The molecule has 102 valence electrons. The first kappa shape index (κ1) is 13.9. The minimum absolute atomic E-state index is 0.0332. The highest BCUT2D eigenvalue weighted by molar-refractivity contribution is 7.92. The number of halogens is 1. The second kappa shape index (κ2) is 5.20. The summed E-state index contributed by atoms with van der Waals surface area (Å²) in [4.78, 5) is 3.76. The highest BCUT2D eigenvalue weighted by Gasteiger charge is 2.22. The minimum atomic E-state index is -3.84. The van der Waals surface area contributed by atoms with E-state index in [2.05, 4.69) is 9.71 Å². The SMILES string of the molecule is Cn1cnc(S(=O)(=O)Nc2cccc(CO)c2)c1Cl. The molecule has 0 aliphatic heterocycles. The predicted octanol–water partition coefficient (Wildman–Crippen LogP) is 1.37. The normalized spacial score (nSPS) is 11.5. The molecule has 2 rings (SSSR count). The molecule has 0 saturated carbocycles. The van der Waals surface area contributed by atoms with Crippen molar-refractivity contribution < 1.29 is 13.5 Å². The molecule has 1 heterocycles. The molecular formula is C11H12ClN3O3S. The molecule has 0 radical (unpaired) electrons. The van der Waals surface area contributed by atoms with Gasteiger partial charge >= 0.3 is 0 Å². The van der Waals surface area contributed by atoms with Gasteiger partial charge in [-0.3, -0.25) is 4.72 Å². The second-order valence-electron chi connectivity index (χ2n) is 3.92. The summed E-state index contributed by atoms with van der Waals surface area (Å²) in [6.45, 7) is -0.167. The predicted molar refractivity (Wildman–Crippen MR) is 71.4 cm³/mol. The van der Waals surface area contributed by atoms with Crippen LogP contribution in [0.25, 0.3) is 0 Å². The lowest BCUT2D eigenvalue weighted by molar-refractivity contribution is 0.282. The van der Waals surface area contributed by atoms with Gasteiger partial charge in [0.2, 0.25) is 5.03 Å². The van der Waals surface area contributed by atoms with Crippen LogP contribution in [0.1, 0.15) is 5.56 Å². The Morgan fingerprint density at radius 2 is 2.21 bits per heavy atom. The van der Waals surface area contributed by atoms with Crippen LogP contribution >= 0.6 is 11.6 Å². The van der Waals surface area contributed by atoms with Crippen molar-refractivity contribution in [3.63, 3.8) is 0 Å². The molecule has 2 aromatic rings. The van der Waals surface area contributed by atoms with Crippen molar-refractivity contribution in [1.29, 1.82) is 0 Å². The number of hydrogen-bond acceptors (Lipinski definition) is 4. The van der Waals surface area contributed by atoms with E-state index in [1.54, 1.807) is 25.2 Å². The Balaban J connectivity index is 2.33. The zero-order valence-corrected chi connectivity index (χ0v) is 11.6. The Hall–Kier alpha value is -1.57. The number of nitrogens with one attached hydrogen (secondary N) is 1. The Morgan fingerprint density at radius 3 is 2.79 bits per heavy atom. The van der Waals surface area contributed by atoms with E-state index in [1.165, 1.54) is 17.0 Å². The first-order chi connectivity index (χ1) is 8.94. The lowest BCUT2D eigenvalue weighted by Gasteiger charge is -2.07. The molecule has 8 heteroatoms. The van der Waals surface area contributed by atoms with Crippen molar-refractivity contribution in [2.75, 3.05) is 4.72 Å². The van der Waals surface area contributed by atoms with Crippen molar-refractivity contribution in [2.24, 2.45) is 7.05 Å². The van der Waals surface area contributed by atoms with Crippen LogP contribution in [0.4, 0.5) is 5.69 Å². The Morgan fingerprint density at radius 1 is 1.47 bits per heavy atom. The third-order valence-electron chi connectivity index (χ3n) is 2.45. The fourth-order valence-corrected chi connectivity index (χ4v) is 2.99. The average molecular weight is 302 g/mol. The number of imidazole rings is 1. The van der Waals surface area contributed by atoms with Crippen LogP contribution in [0, 0.1) is 0 Å². The number of benzene rings is 1. The van der Waals surface area contributed by atoms with Crippen molar-refractivity contribution in [3.05, 3.63) is 41.3 Å².